The first kappa shape index (κ1) is 22.2. The van der Waals surface area contributed by atoms with Crippen LogP contribution in [0.1, 0.15) is 37.3 Å². The molecule has 0 aliphatic carbocycles. The van der Waals surface area contributed by atoms with Crippen LogP contribution in [-0.4, -0.2) is 36.0 Å². The van der Waals surface area contributed by atoms with E-state index in [1.165, 1.54) is 34.7 Å². The highest BCUT2D eigenvalue weighted by Gasteiger charge is 2.19. The number of hydrogen-bond acceptors (Lipinski definition) is 8. The molecular weight excluding hydrogens is 424 g/mol. The highest BCUT2D eigenvalue weighted by Crippen LogP contribution is 2.29. The van der Waals surface area contributed by atoms with Crippen molar-refractivity contribution in [3.05, 3.63) is 37.6 Å². The van der Waals surface area contributed by atoms with Crippen molar-refractivity contribution in [1.82, 2.24) is 24.3 Å². The molecule has 160 valence electrons. The third kappa shape index (κ3) is 4.46. The van der Waals surface area contributed by atoms with Gasteiger partial charge in [-0.3, -0.25) is 24.0 Å². The lowest BCUT2D eigenvalue weighted by Gasteiger charge is -2.14. The first-order valence-electron chi connectivity index (χ1n) is 9.69. The van der Waals surface area contributed by atoms with Crippen LogP contribution in [0.2, 0.25) is 0 Å². The molecule has 1 amide bonds. The number of aromatic nitrogens is 5. The van der Waals surface area contributed by atoms with Gasteiger partial charge in [0.1, 0.15) is 10.7 Å². The number of anilines is 1. The predicted molar refractivity (Wildman–Crippen MR) is 119 cm³/mol. The monoisotopic (exact) mass is 448 g/mol. The maximum absolute atomic E-state index is 12.9. The maximum atomic E-state index is 12.9. The Morgan fingerprint density at radius 1 is 1.20 bits per heavy atom. The Balaban J connectivity index is 1.96. The molecule has 3 rings (SSSR count). The van der Waals surface area contributed by atoms with Crippen LogP contribution < -0.4 is 16.6 Å². The van der Waals surface area contributed by atoms with E-state index in [4.69, 9.17) is 0 Å². The lowest BCUT2D eigenvalue weighted by molar-refractivity contribution is -0.113. The van der Waals surface area contributed by atoms with E-state index in [2.05, 4.69) is 27.4 Å². The maximum Gasteiger partial charge on any atom is 0.332 e. The molecule has 0 saturated carbocycles. The number of hydrogen-bond donors (Lipinski definition) is 1. The van der Waals surface area contributed by atoms with Gasteiger partial charge in [0.15, 0.2) is 0 Å². The molecule has 3 aromatic rings. The van der Waals surface area contributed by atoms with E-state index >= 15 is 0 Å². The van der Waals surface area contributed by atoms with E-state index in [-0.39, 0.29) is 11.7 Å². The van der Waals surface area contributed by atoms with E-state index in [0.29, 0.717) is 21.1 Å². The highest BCUT2D eigenvalue weighted by atomic mass is 32.2. The molecule has 0 fully saturated rings. The van der Waals surface area contributed by atoms with Crippen LogP contribution in [0.15, 0.2) is 20.7 Å². The van der Waals surface area contributed by atoms with Crippen LogP contribution in [-0.2, 0) is 31.7 Å². The van der Waals surface area contributed by atoms with Crippen molar-refractivity contribution in [3.63, 3.8) is 0 Å². The zero-order chi connectivity index (χ0) is 21.8. The van der Waals surface area contributed by atoms with Gasteiger partial charge in [-0.25, -0.2) is 9.78 Å². The SMILES string of the molecule is CCCCc1cnc2c(c1SCC(=O)Nc1nnc(CC)s1)c(=O)n(C)c(=O)n2C. The fourth-order valence-corrected chi connectivity index (χ4v) is 4.70. The summed E-state index contributed by atoms with van der Waals surface area (Å²) in [5, 5.41) is 12.4. The summed E-state index contributed by atoms with van der Waals surface area (Å²) in [6.07, 6.45) is 5.13. The normalized spacial score (nSPS) is 11.2. The first-order valence-corrected chi connectivity index (χ1v) is 11.5. The molecule has 9 nitrogen and oxygen atoms in total. The van der Waals surface area contributed by atoms with Gasteiger partial charge in [0.25, 0.3) is 5.56 Å². The number of carbonyl (C=O) groups excluding carboxylic acids is 1. The molecule has 1 N–H and O–H groups in total. The van der Waals surface area contributed by atoms with Crippen molar-refractivity contribution in [2.75, 3.05) is 11.1 Å². The number of fused-ring (bicyclic) bond motifs is 1. The summed E-state index contributed by atoms with van der Waals surface area (Å²) in [7, 11) is 3.04. The van der Waals surface area contributed by atoms with E-state index in [9.17, 15) is 14.4 Å². The summed E-state index contributed by atoms with van der Waals surface area (Å²) >= 11 is 2.62. The average molecular weight is 449 g/mol. The highest BCUT2D eigenvalue weighted by molar-refractivity contribution is 8.00. The molecule has 0 aliphatic rings. The minimum absolute atomic E-state index is 0.102. The van der Waals surface area contributed by atoms with Gasteiger partial charge in [0.05, 0.1) is 11.1 Å². The fraction of sp³-hybridized carbons (Fsp3) is 0.474. The van der Waals surface area contributed by atoms with Crippen molar-refractivity contribution >= 4 is 45.2 Å². The van der Waals surface area contributed by atoms with Gasteiger partial charge >= 0.3 is 5.69 Å². The Kier molecular flexibility index (Phi) is 7.03. The number of unbranched alkanes of at least 4 members (excludes halogenated alkanes) is 1. The summed E-state index contributed by atoms with van der Waals surface area (Å²) in [6, 6.07) is 0. The Labute approximate surface area is 181 Å². The molecule has 0 unspecified atom stereocenters. The number of pyridine rings is 1. The summed E-state index contributed by atoms with van der Waals surface area (Å²) in [4.78, 5) is 42.7. The zero-order valence-corrected chi connectivity index (χ0v) is 19.0. The number of carbonyl (C=O) groups is 1. The number of thioether (sulfide) groups is 1. The number of aryl methyl sites for hydroxylation is 3. The van der Waals surface area contributed by atoms with Gasteiger partial charge in [0, 0.05) is 25.2 Å². The Bertz CT molecular complexity index is 1200. The fourth-order valence-electron chi connectivity index (χ4n) is 2.99. The Hall–Kier alpha value is -2.53. The van der Waals surface area contributed by atoms with Gasteiger partial charge in [-0.2, -0.15) is 0 Å². The standard InChI is InChI=1S/C19H24N6O3S2/c1-5-7-8-11-9-20-16-14(17(27)25(4)19(28)24(16)3)15(11)29-10-12(26)21-18-23-22-13(6-2)30-18/h9H,5-8,10H2,1-4H3,(H,21,23,26). The molecular formula is C19H24N6O3S2. The van der Waals surface area contributed by atoms with Gasteiger partial charge in [-0.15, -0.1) is 22.0 Å². The van der Waals surface area contributed by atoms with Gasteiger partial charge in [0.2, 0.25) is 11.0 Å². The smallest absolute Gasteiger partial charge is 0.300 e. The Morgan fingerprint density at radius 3 is 2.63 bits per heavy atom. The van der Waals surface area contributed by atoms with Gasteiger partial charge in [-0.05, 0) is 24.8 Å². The molecule has 0 radical (unpaired) electrons. The molecule has 30 heavy (non-hydrogen) atoms. The van der Waals surface area contributed by atoms with Crippen LogP contribution in [0.25, 0.3) is 11.0 Å². The van der Waals surface area contributed by atoms with Crippen LogP contribution in [0.3, 0.4) is 0 Å². The average Bonchev–Trinajstić information content (AvgIpc) is 3.20. The van der Waals surface area contributed by atoms with Gasteiger partial charge in [-0.1, -0.05) is 31.6 Å². The van der Waals surface area contributed by atoms with Crippen molar-refractivity contribution in [1.29, 1.82) is 0 Å². The van der Waals surface area contributed by atoms with E-state index in [0.717, 1.165) is 40.8 Å². The van der Waals surface area contributed by atoms with Gasteiger partial charge < -0.3 is 0 Å². The molecule has 0 aromatic carbocycles. The molecule has 3 heterocycles. The molecule has 0 spiro atoms. The van der Waals surface area contributed by atoms with Crippen molar-refractivity contribution in [2.24, 2.45) is 14.1 Å². The summed E-state index contributed by atoms with van der Waals surface area (Å²) < 4.78 is 2.43. The minimum atomic E-state index is -0.432. The quantitative estimate of drug-likeness (QED) is 0.525. The second kappa shape index (κ2) is 9.52. The number of nitrogens with one attached hydrogen (secondary N) is 1. The third-order valence-corrected chi connectivity index (χ3v) is 6.80. The Morgan fingerprint density at radius 2 is 1.97 bits per heavy atom. The van der Waals surface area contributed by atoms with Crippen LogP contribution in [0.5, 0.6) is 0 Å². The topological polar surface area (TPSA) is 112 Å². The molecule has 11 heteroatoms. The molecule has 3 aromatic heterocycles. The summed E-state index contributed by atoms with van der Waals surface area (Å²) in [6.45, 7) is 4.06. The minimum Gasteiger partial charge on any atom is -0.300 e. The van der Waals surface area contributed by atoms with Crippen molar-refractivity contribution < 1.29 is 4.79 Å². The van der Waals surface area contributed by atoms with Crippen LogP contribution >= 0.6 is 23.1 Å². The first-order chi connectivity index (χ1) is 14.4. The molecule has 0 aliphatic heterocycles. The van der Waals surface area contributed by atoms with Crippen LogP contribution in [0.4, 0.5) is 5.13 Å². The third-order valence-electron chi connectivity index (χ3n) is 4.66. The lowest BCUT2D eigenvalue weighted by Crippen LogP contribution is -2.37. The number of amides is 1. The van der Waals surface area contributed by atoms with Crippen molar-refractivity contribution in [3.8, 4) is 0 Å². The molecule has 0 atom stereocenters. The number of rotatable bonds is 8. The van der Waals surface area contributed by atoms with E-state index in [1.807, 2.05) is 6.92 Å². The van der Waals surface area contributed by atoms with E-state index in [1.54, 1.807) is 13.2 Å². The van der Waals surface area contributed by atoms with Crippen LogP contribution in [0, 0.1) is 0 Å². The van der Waals surface area contributed by atoms with Crippen molar-refractivity contribution in [2.45, 2.75) is 44.4 Å². The zero-order valence-electron chi connectivity index (χ0n) is 17.4. The lowest BCUT2D eigenvalue weighted by atomic mass is 10.1. The number of nitrogens with zero attached hydrogens (tertiary/aromatic N) is 5. The largest absolute Gasteiger partial charge is 0.332 e. The second-order valence-electron chi connectivity index (χ2n) is 6.81. The second-order valence-corrected chi connectivity index (χ2v) is 8.86. The predicted octanol–water partition coefficient (Wildman–Crippen LogP) is 2.12. The molecule has 0 saturated heterocycles. The van der Waals surface area contributed by atoms with E-state index < -0.39 is 11.2 Å². The summed E-state index contributed by atoms with van der Waals surface area (Å²) in [5.74, 6) is -0.127. The molecule has 0 bridgehead atoms. The summed E-state index contributed by atoms with van der Waals surface area (Å²) in [5.41, 5.74) is 0.390.